The van der Waals surface area contributed by atoms with Crippen LogP contribution in [0.15, 0.2) is 24.3 Å². The maximum atomic E-state index is 13.5. The number of halogens is 1. The van der Waals surface area contributed by atoms with Crippen LogP contribution >= 0.6 is 0 Å². The second-order valence-corrected chi connectivity index (χ2v) is 7.19. The van der Waals surface area contributed by atoms with E-state index < -0.39 is 5.82 Å². The number of carbonyl (C=O) groups is 1. The van der Waals surface area contributed by atoms with Crippen LogP contribution in [0.4, 0.5) is 4.39 Å². The highest BCUT2D eigenvalue weighted by Gasteiger charge is 2.38. The van der Waals surface area contributed by atoms with Gasteiger partial charge in [-0.3, -0.25) is 9.69 Å². The van der Waals surface area contributed by atoms with Gasteiger partial charge in [0.15, 0.2) is 11.6 Å². The van der Waals surface area contributed by atoms with Crippen molar-refractivity contribution >= 4 is 5.91 Å². The van der Waals surface area contributed by atoms with Crippen molar-refractivity contribution < 1.29 is 18.7 Å². The number of hydrogen-bond acceptors (Lipinski definition) is 4. The fourth-order valence-electron chi connectivity index (χ4n) is 4.02. The summed E-state index contributed by atoms with van der Waals surface area (Å²) in [6, 6.07) is 6.26. The molecule has 1 saturated heterocycles. The standard InChI is InChI=1S/C20H29FN2O3/c21-17-6-2-3-7-18(17)26-13-8-19(24)22-16-20(9-4-1-5-10-20)23-11-14-25-15-12-23/h2-3,6-7H,1,4-5,8-16H2,(H,22,24). The second-order valence-electron chi connectivity index (χ2n) is 7.19. The number of para-hydroxylation sites is 1. The van der Waals surface area contributed by atoms with Crippen molar-refractivity contribution in [1.82, 2.24) is 10.2 Å². The lowest BCUT2D eigenvalue weighted by Gasteiger charge is -2.48. The van der Waals surface area contributed by atoms with E-state index in [9.17, 15) is 9.18 Å². The molecule has 1 saturated carbocycles. The van der Waals surface area contributed by atoms with Crippen LogP contribution in [-0.4, -0.2) is 55.8 Å². The molecule has 144 valence electrons. The fourth-order valence-corrected chi connectivity index (χ4v) is 4.02. The summed E-state index contributed by atoms with van der Waals surface area (Å²) in [6.45, 7) is 4.26. The van der Waals surface area contributed by atoms with Gasteiger partial charge < -0.3 is 14.8 Å². The lowest BCUT2D eigenvalue weighted by Crippen LogP contribution is -2.59. The highest BCUT2D eigenvalue weighted by Crippen LogP contribution is 2.33. The molecule has 1 heterocycles. The van der Waals surface area contributed by atoms with Crippen LogP contribution in [-0.2, 0) is 9.53 Å². The zero-order valence-corrected chi connectivity index (χ0v) is 15.3. The molecule has 2 aliphatic rings. The molecule has 0 atom stereocenters. The Balaban J connectivity index is 1.47. The number of carbonyl (C=O) groups excluding carboxylic acids is 1. The molecule has 3 rings (SSSR count). The summed E-state index contributed by atoms with van der Waals surface area (Å²) in [6.07, 6.45) is 6.18. The second kappa shape index (κ2) is 9.33. The molecule has 5 nitrogen and oxygen atoms in total. The molecule has 1 aromatic rings. The van der Waals surface area contributed by atoms with Gasteiger partial charge in [0.2, 0.25) is 5.91 Å². The Hall–Kier alpha value is -1.66. The van der Waals surface area contributed by atoms with E-state index >= 15 is 0 Å². The third-order valence-corrected chi connectivity index (χ3v) is 5.50. The van der Waals surface area contributed by atoms with Gasteiger partial charge in [-0.1, -0.05) is 31.4 Å². The molecule has 26 heavy (non-hydrogen) atoms. The highest BCUT2D eigenvalue weighted by atomic mass is 19.1. The third-order valence-electron chi connectivity index (χ3n) is 5.50. The predicted molar refractivity (Wildman–Crippen MR) is 97.7 cm³/mol. The minimum atomic E-state index is -0.401. The van der Waals surface area contributed by atoms with Crippen LogP contribution in [0.2, 0.25) is 0 Å². The van der Waals surface area contributed by atoms with Crippen molar-refractivity contribution in [2.45, 2.75) is 44.1 Å². The highest BCUT2D eigenvalue weighted by molar-refractivity contribution is 5.76. The number of amides is 1. The van der Waals surface area contributed by atoms with Crippen molar-refractivity contribution in [3.8, 4) is 5.75 Å². The molecule has 0 radical (unpaired) electrons. The molecule has 6 heteroatoms. The smallest absolute Gasteiger partial charge is 0.223 e. The topological polar surface area (TPSA) is 50.8 Å². The van der Waals surface area contributed by atoms with E-state index in [1.807, 2.05) is 0 Å². The normalized spacial score (nSPS) is 20.5. The summed E-state index contributed by atoms with van der Waals surface area (Å²) in [7, 11) is 0. The van der Waals surface area contributed by atoms with E-state index in [4.69, 9.17) is 9.47 Å². The molecule has 1 amide bonds. The van der Waals surface area contributed by atoms with Gasteiger partial charge in [0, 0.05) is 25.2 Å². The van der Waals surface area contributed by atoms with Crippen molar-refractivity contribution in [3.63, 3.8) is 0 Å². The molecule has 1 aromatic carbocycles. The van der Waals surface area contributed by atoms with Crippen LogP contribution in [0.5, 0.6) is 5.75 Å². The number of hydrogen-bond donors (Lipinski definition) is 1. The largest absolute Gasteiger partial charge is 0.490 e. The summed E-state index contributed by atoms with van der Waals surface area (Å²) < 4.78 is 24.4. The molecule has 0 spiro atoms. The SMILES string of the molecule is O=C(CCOc1ccccc1F)NCC1(N2CCOCC2)CCCCC1. The average molecular weight is 364 g/mol. The lowest BCUT2D eigenvalue weighted by atomic mass is 9.79. The molecular weight excluding hydrogens is 335 g/mol. The first-order valence-corrected chi connectivity index (χ1v) is 9.66. The monoisotopic (exact) mass is 364 g/mol. The van der Waals surface area contributed by atoms with Crippen LogP contribution in [0.1, 0.15) is 38.5 Å². The summed E-state index contributed by atoms with van der Waals surface area (Å²) in [5, 5.41) is 3.10. The first kappa shape index (κ1) is 19.1. The lowest BCUT2D eigenvalue weighted by molar-refractivity contribution is -0.122. The number of benzene rings is 1. The first-order valence-electron chi connectivity index (χ1n) is 9.66. The quantitative estimate of drug-likeness (QED) is 0.808. The van der Waals surface area contributed by atoms with E-state index in [2.05, 4.69) is 10.2 Å². The Bertz CT molecular complexity index is 584. The summed E-state index contributed by atoms with van der Waals surface area (Å²) >= 11 is 0. The summed E-state index contributed by atoms with van der Waals surface area (Å²) in [4.78, 5) is 14.8. The fraction of sp³-hybridized carbons (Fsp3) is 0.650. The Morgan fingerprint density at radius 1 is 1.19 bits per heavy atom. The van der Waals surface area contributed by atoms with Crippen LogP contribution in [0.25, 0.3) is 0 Å². The molecular formula is C20H29FN2O3. The maximum absolute atomic E-state index is 13.5. The van der Waals surface area contributed by atoms with E-state index in [1.165, 1.54) is 25.3 Å². The van der Waals surface area contributed by atoms with Crippen LogP contribution in [0.3, 0.4) is 0 Å². The Kier molecular flexibility index (Phi) is 6.86. The van der Waals surface area contributed by atoms with Gasteiger partial charge in [0.25, 0.3) is 0 Å². The Morgan fingerprint density at radius 3 is 2.65 bits per heavy atom. The number of ether oxygens (including phenoxy) is 2. The van der Waals surface area contributed by atoms with E-state index in [1.54, 1.807) is 18.2 Å². The number of rotatable bonds is 7. The molecule has 1 aliphatic heterocycles. The first-order chi connectivity index (χ1) is 12.7. The van der Waals surface area contributed by atoms with E-state index in [0.717, 1.165) is 39.1 Å². The summed E-state index contributed by atoms with van der Waals surface area (Å²) in [5.74, 6) is -0.252. The van der Waals surface area contributed by atoms with Gasteiger partial charge in [-0.05, 0) is 25.0 Å². The zero-order valence-electron chi connectivity index (χ0n) is 15.3. The van der Waals surface area contributed by atoms with Crippen molar-refractivity contribution in [1.29, 1.82) is 0 Å². The molecule has 1 aliphatic carbocycles. The van der Waals surface area contributed by atoms with Crippen molar-refractivity contribution in [2.75, 3.05) is 39.5 Å². The predicted octanol–water partition coefficient (Wildman–Crippen LogP) is 2.75. The van der Waals surface area contributed by atoms with Gasteiger partial charge in [0.1, 0.15) is 0 Å². The van der Waals surface area contributed by atoms with Crippen LogP contribution < -0.4 is 10.1 Å². The number of nitrogens with one attached hydrogen (secondary N) is 1. The number of nitrogens with zero attached hydrogens (tertiary/aromatic N) is 1. The van der Waals surface area contributed by atoms with Crippen molar-refractivity contribution in [3.05, 3.63) is 30.1 Å². The third kappa shape index (κ3) is 4.95. The molecule has 0 aromatic heterocycles. The van der Waals surface area contributed by atoms with E-state index in [-0.39, 0.29) is 30.2 Å². The maximum Gasteiger partial charge on any atom is 0.223 e. The minimum Gasteiger partial charge on any atom is -0.490 e. The minimum absolute atomic E-state index is 0.0421. The van der Waals surface area contributed by atoms with Gasteiger partial charge >= 0.3 is 0 Å². The van der Waals surface area contributed by atoms with Gasteiger partial charge in [-0.15, -0.1) is 0 Å². The zero-order chi connectivity index (χ0) is 18.2. The van der Waals surface area contributed by atoms with Gasteiger partial charge in [-0.25, -0.2) is 4.39 Å². The van der Waals surface area contributed by atoms with Crippen molar-refractivity contribution in [2.24, 2.45) is 0 Å². The van der Waals surface area contributed by atoms with Gasteiger partial charge in [-0.2, -0.15) is 0 Å². The van der Waals surface area contributed by atoms with Crippen LogP contribution in [0, 0.1) is 5.82 Å². The summed E-state index contributed by atoms with van der Waals surface area (Å²) in [5.41, 5.74) is 0.0596. The molecule has 0 bridgehead atoms. The average Bonchev–Trinajstić information content (AvgIpc) is 2.69. The van der Waals surface area contributed by atoms with Gasteiger partial charge in [0.05, 0.1) is 26.2 Å². The molecule has 2 fully saturated rings. The Morgan fingerprint density at radius 2 is 1.92 bits per heavy atom. The molecule has 0 unspecified atom stereocenters. The number of morpholine rings is 1. The Labute approximate surface area is 154 Å². The van der Waals surface area contributed by atoms with E-state index in [0.29, 0.717) is 6.54 Å². The molecule has 1 N–H and O–H groups in total.